The van der Waals surface area contributed by atoms with Gasteiger partial charge in [0.25, 0.3) is 0 Å². The Labute approximate surface area is 169 Å². The van der Waals surface area contributed by atoms with Crippen molar-refractivity contribution in [2.75, 3.05) is 0 Å². The average Bonchev–Trinajstić information content (AvgIpc) is 2.93. The SMILES string of the molecule is Cc1cc(C(=O)O)ccc1N=Cc1cc(C)n(-c2ccc(S(N)(=O)=O)cc2)c1C. The first-order valence-corrected chi connectivity index (χ1v) is 10.3. The maximum Gasteiger partial charge on any atom is 0.335 e. The fraction of sp³-hybridized carbons (Fsp3) is 0.143. The quantitative estimate of drug-likeness (QED) is 0.625. The summed E-state index contributed by atoms with van der Waals surface area (Å²) >= 11 is 0. The molecule has 0 bridgehead atoms. The van der Waals surface area contributed by atoms with Crippen molar-refractivity contribution in [2.24, 2.45) is 10.1 Å². The van der Waals surface area contributed by atoms with Crippen LogP contribution >= 0.6 is 0 Å². The standard InChI is InChI=1S/C21H21N3O4S/c1-13-10-16(21(25)26)4-9-20(13)23-12-17-11-14(2)24(15(17)3)18-5-7-19(8-6-18)29(22,27)28/h4-12H,1-3H3,(H,25,26)(H2,22,27,28). The predicted molar refractivity (Wildman–Crippen MR) is 112 cm³/mol. The van der Waals surface area contributed by atoms with Crippen molar-refractivity contribution in [2.45, 2.75) is 25.7 Å². The third-order valence-corrected chi connectivity index (χ3v) is 5.61. The number of aromatic carboxylic acids is 1. The van der Waals surface area contributed by atoms with Crippen molar-refractivity contribution >= 4 is 27.9 Å². The third-order valence-electron chi connectivity index (χ3n) is 4.68. The molecule has 0 aliphatic rings. The fourth-order valence-electron chi connectivity index (χ4n) is 3.17. The highest BCUT2D eigenvalue weighted by atomic mass is 32.2. The number of benzene rings is 2. The molecule has 0 spiro atoms. The number of rotatable bonds is 5. The van der Waals surface area contributed by atoms with E-state index in [1.165, 1.54) is 18.2 Å². The zero-order valence-corrected chi connectivity index (χ0v) is 17.1. The van der Waals surface area contributed by atoms with E-state index in [1.807, 2.05) is 31.4 Å². The number of nitrogens with two attached hydrogens (primary N) is 1. The second kappa shape index (κ2) is 7.65. The molecule has 7 nitrogen and oxygen atoms in total. The number of aliphatic imine (C=N–C) groups is 1. The van der Waals surface area contributed by atoms with Gasteiger partial charge in [-0.15, -0.1) is 0 Å². The highest BCUT2D eigenvalue weighted by molar-refractivity contribution is 7.89. The van der Waals surface area contributed by atoms with Gasteiger partial charge in [0.15, 0.2) is 0 Å². The van der Waals surface area contributed by atoms with Crippen LogP contribution in [0.25, 0.3) is 5.69 Å². The van der Waals surface area contributed by atoms with Gasteiger partial charge in [-0.05, 0) is 74.9 Å². The second-order valence-electron chi connectivity index (χ2n) is 6.77. The van der Waals surface area contributed by atoms with Crippen molar-refractivity contribution in [1.82, 2.24) is 4.57 Å². The molecule has 2 aromatic carbocycles. The van der Waals surface area contributed by atoms with Gasteiger partial charge in [-0.2, -0.15) is 0 Å². The molecule has 0 unspecified atom stereocenters. The Morgan fingerprint density at radius 3 is 2.28 bits per heavy atom. The van der Waals surface area contributed by atoms with Crippen LogP contribution in [0.5, 0.6) is 0 Å². The first-order valence-electron chi connectivity index (χ1n) is 8.78. The van der Waals surface area contributed by atoms with Crippen LogP contribution in [-0.2, 0) is 10.0 Å². The number of carboxylic acid groups (broad SMARTS) is 1. The Kier molecular flexibility index (Phi) is 5.41. The topological polar surface area (TPSA) is 115 Å². The third kappa shape index (κ3) is 4.28. The second-order valence-corrected chi connectivity index (χ2v) is 8.33. The van der Waals surface area contributed by atoms with E-state index in [9.17, 15) is 13.2 Å². The lowest BCUT2D eigenvalue weighted by Gasteiger charge is -2.10. The molecule has 150 valence electrons. The summed E-state index contributed by atoms with van der Waals surface area (Å²) in [5.41, 5.74) is 5.31. The van der Waals surface area contributed by atoms with Crippen molar-refractivity contribution in [3.05, 3.63) is 76.6 Å². The van der Waals surface area contributed by atoms with E-state index >= 15 is 0 Å². The maximum atomic E-state index is 11.4. The molecule has 0 aliphatic heterocycles. The van der Waals surface area contributed by atoms with E-state index in [4.69, 9.17) is 10.2 Å². The lowest BCUT2D eigenvalue weighted by Crippen LogP contribution is -2.12. The zero-order chi connectivity index (χ0) is 21.3. The summed E-state index contributed by atoms with van der Waals surface area (Å²) in [7, 11) is -3.74. The average molecular weight is 411 g/mol. The van der Waals surface area contributed by atoms with Crippen LogP contribution in [-0.4, -0.2) is 30.3 Å². The number of hydrogen-bond donors (Lipinski definition) is 2. The number of aromatic nitrogens is 1. The summed E-state index contributed by atoms with van der Waals surface area (Å²) in [5.74, 6) is -0.972. The monoisotopic (exact) mass is 411 g/mol. The first kappa shape index (κ1) is 20.5. The smallest absolute Gasteiger partial charge is 0.335 e. The molecule has 0 radical (unpaired) electrons. The molecule has 0 fully saturated rings. The van der Waals surface area contributed by atoms with Gasteiger partial charge in [0.05, 0.1) is 16.1 Å². The molecule has 1 aromatic heterocycles. The number of sulfonamides is 1. The summed E-state index contributed by atoms with van der Waals surface area (Å²) in [6.45, 7) is 5.71. The molecule has 29 heavy (non-hydrogen) atoms. The van der Waals surface area contributed by atoms with Gasteiger partial charge in [-0.1, -0.05) is 0 Å². The molecule has 3 aromatic rings. The van der Waals surface area contributed by atoms with E-state index in [2.05, 4.69) is 4.99 Å². The molecule has 3 rings (SSSR count). The summed E-state index contributed by atoms with van der Waals surface area (Å²) in [4.78, 5) is 15.6. The van der Waals surface area contributed by atoms with Gasteiger partial charge in [-0.25, -0.2) is 18.4 Å². The van der Waals surface area contributed by atoms with Crippen molar-refractivity contribution in [3.8, 4) is 5.69 Å². The lowest BCUT2D eigenvalue weighted by atomic mass is 10.1. The minimum Gasteiger partial charge on any atom is -0.478 e. The first-order chi connectivity index (χ1) is 13.6. The van der Waals surface area contributed by atoms with E-state index in [0.29, 0.717) is 5.69 Å². The minimum absolute atomic E-state index is 0.0609. The predicted octanol–water partition coefficient (Wildman–Crippen LogP) is 3.50. The van der Waals surface area contributed by atoms with Gasteiger partial charge in [0.1, 0.15) is 0 Å². The van der Waals surface area contributed by atoms with Crippen molar-refractivity contribution in [1.29, 1.82) is 0 Å². The number of aryl methyl sites for hydroxylation is 2. The largest absolute Gasteiger partial charge is 0.478 e. The van der Waals surface area contributed by atoms with Crippen LogP contribution in [0, 0.1) is 20.8 Å². The van der Waals surface area contributed by atoms with Crippen LogP contribution in [0.2, 0.25) is 0 Å². The van der Waals surface area contributed by atoms with Crippen LogP contribution in [0.4, 0.5) is 5.69 Å². The van der Waals surface area contributed by atoms with Crippen molar-refractivity contribution < 1.29 is 18.3 Å². The Balaban J connectivity index is 1.94. The number of hydrogen-bond acceptors (Lipinski definition) is 4. The molecule has 0 amide bonds. The molecular formula is C21H21N3O4S. The Morgan fingerprint density at radius 2 is 1.72 bits per heavy atom. The van der Waals surface area contributed by atoms with Gasteiger partial charge in [0, 0.05) is 28.9 Å². The van der Waals surface area contributed by atoms with Gasteiger partial charge in [-0.3, -0.25) is 4.99 Å². The molecular weight excluding hydrogens is 390 g/mol. The van der Waals surface area contributed by atoms with E-state index in [0.717, 1.165) is 28.2 Å². The fourth-order valence-corrected chi connectivity index (χ4v) is 3.69. The molecule has 0 saturated heterocycles. The zero-order valence-electron chi connectivity index (χ0n) is 16.2. The normalized spacial score (nSPS) is 11.9. The van der Waals surface area contributed by atoms with Gasteiger partial charge >= 0.3 is 5.97 Å². The van der Waals surface area contributed by atoms with E-state index < -0.39 is 16.0 Å². The maximum absolute atomic E-state index is 11.4. The molecule has 0 saturated carbocycles. The Bertz CT molecular complexity index is 1220. The lowest BCUT2D eigenvalue weighted by molar-refractivity contribution is 0.0697. The summed E-state index contributed by atoms with van der Waals surface area (Å²) in [6.07, 6.45) is 1.74. The number of nitrogens with zero attached hydrogens (tertiary/aromatic N) is 2. The van der Waals surface area contributed by atoms with Crippen LogP contribution < -0.4 is 5.14 Å². The molecule has 1 heterocycles. The van der Waals surface area contributed by atoms with Gasteiger partial charge < -0.3 is 9.67 Å². The highest BCUT2D eigenvalue weighted by Gasteiger charge is 2.12. The Morgan fingerprint density at radius 1 is 1.07 bits per heavy atom. The van der Waals surface area contributed by atoms with Crippen LogP contribution in [0.3, 0.4) is 0 Å². The van der Waals surface area contributed by atoms with E-state index in [-0.39, 0.29) is 10.5 Å². The van der Waals surface area contributed by atoms with Gasteiger partial charge in [0.2, 0.25) is 10.0 Å². The molecule has 3 N–H and O–H groups in total. The number of carboxylic acids is 1. The molecule has 8 heteroatoms. The number of carbonyl (C=O) groups is 1. The molecule has 0 atom stereocenters. The summed E-state index contributed by atoms with van der Waals surface area (Å²) in [5, 5.41) is 14.2. The summed E-state index contributed by atoms with van der Waals surface area (Å²) < 4.78 is 24.9. The molecule has 0 aliphatic carbocycles. The van der Waals surface area contributed by atoms with Crippen LogP contribution in [0.15, 0.2) is 58.4 Å². The van der Waals surface area contributed by atoms with Crippen LogP contribution in [0.1, 0.15) is 32.9 Å². The number of primary sulfonamides is 1. The highest BCUT2D eigenvalue weighted by Crippen LogP contribution is 2.23. The Hall–Kier alpha value is -3.23. The minimum atomic E-state index is -3.74. The van der Waals surface area contributed by atoms with E-state index in [1.54, 1.807) is 30.5 Å². The summed E-state index contributed by atoms with van der Waals surface area (Å²) in [6, 6.07) is 13.1. The van der Waals surface area contributed by atoms with Crippen molar-refractivity contribution in [3.63, 3.8) is 0 Å².